The second kappa shape index (κ2) is 5.37. The minimum absolute atomic E-state index is 0.426. The molecule has 1 aliphatic heterocycles. The van der Waals surface area contributed by atoms with Crippen LogP contribution < -0.4 is 5.32 Å². The molecule has 1 atom stereocenters. The zero-order valence-electron chi connectivity index (χ0n) is 9.56. The van der Waals surface area contributed by atoms with Crippen molar-refractivity contribution in [2.75, 3.05) is 18.2 Å². The number of benzene rings is 1. The third-order valence-electron chi connectivity index (χ3n) is 2.29. The van der Waals surface area contributed by atoms with Crippen LogP contribution in [0.4, 0.5) is 5.69 Å². The summed E-state index contributed by atoms with van der Waals surface area (Å²) in [5.41, 5.74) is 2.25. The maximum Gasteiger partial charge on any atom is 0.161 e. The summed E-state index contributed by atoms with van der Waals surface area (Å²) in [5, 5.41) is 4.34. The predicted octanol–water partition coefficient (Wildman–Crippen LogP) is 2.74. The highest BCUT2D eigenvalue weighted by Gasteiger charge is 2.13. The van der Waals surface area contributed by atoms with Crippen molar-refractivity contribution in [3.05, 3.63) is 29.8 Å². The Morgan fingerprint density at radius 3 is 3.12 bits per heavy atom. The zero-order valence-corrected chi connectivity index (χ0v) is 10.4. The van der Waals surface area contributed by atoms with Gasteiger partial charge in [-0.3, -0.25) is 4.99 Å². The topological polar surface area (TPSA) is 33.6 Å². The first-order chi connectivity index (χ1) is 7.78. The van der Waals surface area contributed by atoms with E-state index in [2.05, 4.69) is 29.4 Å². The Morgan fingerprint density at radius 2 is 2.44 bits per heavy atom. The van der Waals surface area contributed by atoms with E-state index in [4.69, 9.17) is 4.74 Å². The predicted molar refractivity (Wildman–Crippen MR) is 70.1 cm³/mol. The van der Waals surface area contributed by atoms with Crippen molar-refractivity contribution in [2.45, 2.75) is 19.6 Å². The monoisotopic (exact) mass is 236 g/mol. The zero-order chi connectivity index (χ0) is 11.4. The summed E-state index contributed by atoms with van der Waals surface area (Å²) in [4.78, 5) is 4.50. The fourth-order valence-electron chi connectivity index (χ4n) is 1.57. The Bertz CT molecular complexity index is 392. The summed E-state index contributed by atoms with van der Waals surface area (Å²) in [6.07, 6.45) is 0. The molecule has 1 N–H and O–H groups in total. The highest BCUT2D eigenvalue weighted by molar-refractivity contribution is 8.14. The summed E-state index contributed by atoms with van der Waals surface area (Å²) in [5.74, 6) is 1.07. The number of methoxy groups -OCH3 is 1. The highest BCUT2D eigenvalue weighted by Crippen LogP contribution is 2.20. The van der Waals surface area contributed by atoms with E-state index in [0.29, 0.717) is 12.6 Å². The van der Waals surface area contributed by atoms with Gasteiger partial charge < -0.3 is 10.1 Å². The molecule has 0 amide bonds. The van der Waals surface area contributed by atoms with Crippen molar-refractivity contribution < 1.29 is 4.74 Å². The summed E-state index contributed by atoms with van der Waals surface area (Å²) < 4.78 is 5.11. The van der Waals surface area contributed by atoms with Gasteiger partial charge in [-0.15, -0.1) is 0 Å². The summed E-state index contributed by atoms with van der Waals surface area (Å²) in [7, 11) is 1.71. The molecular formula is C12H16N2OS. The third kappa shape index (κ3) is 3.00. The van der Waals surface area contributed by atoms with Crippen LogP contribution >= 0.6 is 11.8 Å². The van der Waals surface area contributed by atoms with Crippen LogP contribution in [0.5, 0.6) is 0 Å². The highest BCUT2D eigenvalue weighted by atomic mass is 32.2. The molecule has 1 aromatic carbocycles. The van der Waals surface area contributed by atoms with Crippen LogP contribution in [0.25, 0.3) is 0 Å². The van der Waals surface area contributed by atoms with Crippen molar-refractivity contribution in [2.24, 2.45) is 4.99 Å². The number of nitrogens with one attached hydrogen (secondary N) is 1. The van der Waals surface area contributed by atoms with Gasteiger partial charge in [0.05, 0.1) is 12.6 Å². The SMILES string of the molecule is COCc1cccc(NC2=NC(C)CS2)c1. The van der Waals surface area contributed by atoms with Gasteiger partial charge in [0, 0.05) is 18.6 Å². The number of ether oxygens (including phenoxy) is 1. The van der Waals surface area contributed by atoms with Gasteiger partial charge in [-0.25, -0.2) is 0 Å². The smallest absolute Gasteiger partial charge is 0.161 e. The Balaban J connectivity index is 2.04. The van der Waals surface area contributed by atoms with E-state index in [1.165, 1.54) is 5.56 Å². The molecule has 0 fully saturated rings. The lowest BCUT2D eigenvalue weighted by atomic mass is 10.2. The molecule has 3 nitrogen and oxygen atoms in total. The lowest BCUT2D eigenvalue weighted by molar-refractivity contribution is 0.185. The Morgan fingerprint density at radius 1 is 1.56 bits per heavy atom. The molecule has 86 valence electrons. The van der Waals surface area contributed by atoms with Crippen LogP contribution in [0.1, 0.15) is 12.5 Å². The van der Waals surface area contributed by atoms with E-state index in [0.717, 1.165) is 16.6 Å². The van der Waals surface area contributed by atoms with Crippen molar-refractivity contribution in [1.82, 2.24) is 0 Å². The van der Waals surface area contributed by atoms with Crippen LogP contribution in [0, 0.1) is 0 Å². The lowest BCUT2D eigenvalue weighted by Gasteiger charge is -2.06. The van der Waals surface area contributed by atoms with Gasteiger partial charge in [-0.05, 0) is 24.6 Å². The Labute approximate surface area is 100 Å². The van der Waals surface area contributed by atoms with Gasteiger partial charge in [0.15, 0.2) is 5.17 Å². The summed E-state index contributed by atoms with van der Waals surface area (Å²) in [6.45, 7) is 2.77. The van der Waals surface area contributed by atoms with Gasteiger partial charge in [0.25, 0.3) is 0 Å². The van der Waals surface area contributed by atoms with Crippen LogP contribution in [0.2, 0.25) is 0 Å². The molecule has 0 spiro atoms. The molecule has 0 saturated heterocycles. The number of nitrogens with zero attached hydrogens (tertiary/aromatic N) is 1. The number of anilines is 1. The normalized spacial score (nSPS) is 19.6. The molecule has 1 aromatic rings. The largest absolute Gasteiger partial charge is 0.380 e. The molecular weight excluding hydrogens is 220 g/mol. The van der Waals surface area contributed by atoms with E-state index in [9.17, 15) is 0 Å². The average molecular weight is 236 g/mol. The number of hydrogen-bond donors (Lipinski definition) is 1. The molecule has 16 heavy (non-hydrogen) atoms. The van der Waals surface area contributed by atoms with Crippen LogP contribution in [-0.2, 0) is 11.3 Å². The molecule has 0 bridgehead atoms. The third-order valence-corrected chi connectivity index (χ3v) is 3.42. The number of rotatable bonds is 3. The van der Waals surface area contributed by atoms with Gasteiger partial charge in [0.1, 0.15) is 0 Å². The fraction of sp³-hybridized carbons (Fsp3) is 0.417. The summed E-state index contributed by atoms with van der Waals surface area (Å²) >= 11 is 1.77. The second-order valence-corrected chi connectivity index (χ2v) is 4.86. The van der Waals surface area contributed by atoms with Crippen LogP contribution in [0.3, 0.4) is 0 Å². The lowest BCUT2D eigenvalue weighted by Crippen LogP contribution is -2.05. The molecule has 2 rings (SSSR count). The van der Waals surface area contributed by atoms with Crippen molar-refractivity contribution in [1.29, 1.82) is 0 Å². The number of hydrogen-bond acceptors (Lipinski definition) is 4. The number of thioether (sulfide) groups is 1. The van der Waals surface area contributed by atoms with Crippen LogP contribution in [-0.4, -0.2) is 24.1 Å². The first-order valence-electron chi connectivity index (χ1n) is 5.33. The van der Waals surface area contributed by atoms with Gasteiger partial charge >= 0.3 is 0 Å². The minimum Gasteiger partial charge on any atom is -0.380 e. The Hall–Kier alpha value is -1.00. The van der Waals surface area contributed by atoms with Gasteiger partial charge in [-0.1, -0.05) is 23.9 Å². The van der Waals surface area contributed by atoms with E-state index >= 15 is 0 Å². The standard InChI is InChI=1S/C12H16N2OS/c1-9-8-16-12(13-9)14-11-5-3-4-10(6-11)7-15-2/h3-6,9H,7-8H2,1-2H3,(H,13,14). The maximum absolute atomic E-state index is 5.11. The average Bonchev–Trinajstić information content (AvgIpc) is 2.65. The van der Waals surface area contributed by atoms with Gasteiger partial charge in [-0.2, -0.15) is 0 Å². The number of amidine groups is 1. The molecule has 0 aromatic heterocycles. The number of aliphatic imine (C=N–C) groups is 1. The molecule has 1 aliphatic rings. The van der Waals surface area contributed by atoms with E-state index < -0.39 is 0 Å². The molecule has 1 heterocycles. The minimum atomic E-state index is 0.426. The fourth-order valence-corrected chi connectivity index (χ4v) is 2.49. The quantitative estimate of drug-likeness (QED) is 0.876. The molecule has 0 aliphatic carbocycles. The first-order valence-corrected chi connectivity index (χ1v) is 6.32. The van der Waals surface area contributed by atoms with Crippen molar-refractivity contribution in [3.8, 4) is 0 Å². The summed E-state index contributed by atoms with van der Waals surface area (Å²) in [6, 6.07) is 8.65. The van der Waals surface area contributed by atoms with Gasteiger partial charge in [0.2, 0.25) is 0 Å². The van der Waals surface area contributed by atoms with Crippen molar-refractivity contribution >= 4 is 22.6 Å². The Kier molecular flexibility index (Phi) is 3.85. The molecule has 0 radical (unpaired) electrons. The second-order valence-electron chi connectivity index (χ2n) is 3.85. The molecule has 1 unspecified atom stereocenters. The molecule has 4 heteroatoms. The van der Waals surface area contributed by atoms with Crippen molar-refractivity contribution in [3.63, 3.8) is 0 Å². The maximum atomic E-state index is 5.11. The molecule has 0 saturated carbocycles. The van der Waals surface area contributed by atoms with E-state index in [1.807, 2.05) is 12.1 Å². The van der Waals surface area contributed by atoms with E-state index in [-0.39, 0.29) is 0 Å². The van der Waals surface area contributed by atoms with E-state index in [1.54, 1.807) is 18.9 Å². The van der Waals surface area contributed by atoms with Crippen LogP contribution in [0.15, 0.2) is 29.3 Å². The first kappa shape index (κ1) is 11.5.